The van der Waals surface area contributed by atoms with Gasteiger partial charge >= 0.3 is 0 Å². The number of rotatable bonds is 6. The minimum absolute atomic E-state index is 0.503. The summed E-state index contributed by atoms with van der Waals surface area (Å²) in [6.07, 6.45) is 4.69. The number of hydrogen-bond donors (Lipinski definition) is 1. The highest BCUT2D eigenvalue weighted by molar-refractivity contribution is 7.98. The first-order valence-corrected chi connectivity index (χ1v) is 6.90. The summed E-state index contributed by atoms with van der Waals surface area (Å²) >= 11 is 1.72. The van der Waals surface area contributed by atoms with Gasteiger partial charge in [-0.15, -0.1) is 0 Å². The Morgan fingerprint density at radius 3 is 2.64 bits per heavy atom. The lowest BCUT2D eigenvalue weighted by Crippen LogP contribution is -2.53. The van der Waals surface area contributed by atoms with Crippen molar-refractivity contribution < 1.29 is 5.11 Å². The Balaban J connectivity index is 2.15. The summed E-state index contributed by atoms with van der Waals surface area (Å²) in [5.41, 5.74) is -0.503. The summed E-state index contributed by atoms with van der Waals surface area (Å²) in [4.78, 5) is 2.37. The summed E-state index contributed by atoms with van der Waals surface area (Å²) in [7, 11) is 0. The number of thioether (sulfide) groups is 1. The van der Waals surface area contributed by atoms with E-state index in [1.807, 2.05) is 13.2 Å². The molecule has 0 aromatic heterocycles. The van der Waals surface area contributed by atoms with E-state index >= 15 is 0 Å². The van der Waals surface area contributed by atoms with Crippen LogP contribution in [-0.2, 0) is 0 Å². The second-order valence-electron chi connectivity index (χ2n) is 4.78. The Morgan fingerprint density at radius 2 is 2.14 bits per heavy atom. The maximum atomic E-state index is 10.0. The van der Waals surface area contributed by atoms with Gasteiger partial charge in [0.2, 0.25) is 0 Å². The number of β-amino-alcohol motifs (C(OH)–C–C–N with tert-alkyl or cyclic N) is 1. The van der Waals surface area contributed by atoms with Gasteiger partial charge in [-0.25, -0.2) is 0 Å². The molecule has 0 spiro atoms. The molecule has 1 N–H and O–H groups in total. The summed E-state index contributed by atoms with van der Waals surface area (Å²) in [6.45, 7) is 7.41. The molecule has 0 radical (unpaired) electrons. The van der Waals surface area contributed by atoms with Crippen LogP contribution in [0, 0.1) is 5.92 Å². The second-order valence-corrected chi connectivity index (χ2v) is 5.64. The van der Waals surface area contributed by atoms with Gasteiger partial charge in [-0.1, -0.05) is 13.3 Å². The Kier molecular flexibility index (Phi) is 4.74. The third-order valence-corrected chi connectivity index (χ3v) is 3.66. The van der Waals surface area contributed by atoms with E-state index < -0.39 is 5.60 Å². The Hall–Kier alpha value is 0.270. The normalized spacial score (nSPS) is 23.1. The first-order valence-electron chi connectivity index (χ1n) is 5.51. The van der Waals surface area contributed by atoms with Gasteiger partial charge in [0, 0.05) is 25.4 Å². The standard InChI is InChI=1S/C11H23NOS/c1-4-5-10-6-12(7-10)8-11(2,13)9-14-3/h10,13H,4-9H2,1-3H3. The van der Waals surface area contributed by atoms with Gasteiger partial charge in [0.05, 0.1) is 5.60 Å². The molecule has 0 saturated carbocycles. The molecule has 3 heteroatoms. The molecule has 1 saturated heterocycles. The predicted octanol–water partition coefficient (Wildman–Crippen LogP) is 1.83. The van der Waals surface area contributed by atoms with Gasteiger partial charge in [-0.05, 0) is 25.5 Å². The smallest absolute Gasteiger partial charge is 0.0835 e. The van der Waals surface area contributed by atoms with Gasteiger partial charge in [-0.3, -0.25) is 4.90 Å². The van der Waals surface area contributed by atoms with E-state index in [2.05, 4.69) is 11.8 Å². The molecule has 1 atom stereocenters. The molecule has 0 amide bonds. The molecule has 1 unspecified atom stereocenters. The fraction of sp³-hybridized carbons (Fsp3) is 1.00. The van der Waals surface area contributed by atoms with E-state index in [0.717, 1.165) is 18.2 Å². The molecule has 14 heavy (non-hydrogen) atoms. The van der Waals surface area contributed by atoms with Gasteiger partial charge in [-0.2, -0.15) is 11.8 Å². The minimum Gasteiger partial charge on any atom is -0.388 e. The third-order valence-electron chi connectivity index (χ3n) is 2.75. The summed E-state index contributed by atoms with van der Waals surface area (Å²) in [5, 5.41) is 10.0. The predicted molar refractivity (Wildman–Crippen MR) is 63.8 cm³/mol. The molecule has 84 valence electrons. The number of likely N-dealkylation sites (tertiary alicyclic amines) is 1. The molecule has 0 bridgehead atoms. The largest absolute Gasteiger partial charge is 0.388 e. The first kappa shape index (κ1) is 12.3. The van der Waals surface area contributed by atoms with Crippen molar-refractivity contribution in [2.24, 2.45) is 5.92 Å². The molecule has 1 fully saturated rings. The topological polar surface area (TPSA) is 23.5 Å². The minimum atomic E-state index is -0.503. The zero-order valence-corrected chi connectivity index (χ0v) is 10.4. The molecule has 0 aromatic rings. The number of nitrogens with zero attached hydrogens (tertiary/aromatic N) is 1. The first-order chi connectivity index (χ1) is 6.57. The molecule has 0 aliphatic carbocycles. The van der Waals surface area contributed by atoms with Crippen LogP contribution in [0.4, 0.5) is 0 Å². The van der Waals surface area contributed by atoms with Gasteiger partial charge in [0.25, 0.3) is 0 Å². The fourth-order valence-corrected chi connectivity index (χ4v) is 2.95. The zero-order chi connectivity index (χ0) is 10.6. The lowest BCUT2D eigenvalue weighted by atomic mass is 9.93. The Morgan fingerprint density at radius 1 is 1.50 bits per heavy atom. The van der Waals surface area contributed by atoms with Crippen molar-refractivity contribution >= 4 is 11.8 Å². The van der Waals surface area contributed by atoms with Crippen molar-refractivity contribution in [3.63, 3.8) is 0 Å². The van der Waals surface area contributed by atoms with E-state index in [4.69, 9.17) is 0 Å². The van der Waals surface area contributed by atoms with Crippen molar-refractivity contribution in [3.8, 4) is 0 Å². The highest BCUT2D eigenvalue weighted by Gasteiger charge is 2.31. The van der Waals surface area contributed by atoms with Gasteiger partial charge in [0.1, 0.15) is 0 Å². The van der Waals surface area contributed by atoms with Crippen molar-refractivity contribution in [1.29, 1.82) is 0 Å². The highest BCUT2D eigenvalue weighted by atomic mass is 32.2. The van der Waals surface area contributed by atoms with Crippen LogP contribution in [-0.4, -0.2) is 47.3 Å². The average Bonchev–Trinajstić information content (AvgIpc) is 2.00. The monoisotopic (exact) mass is 217 g/mol. The summed E-state index contributed by atoms with van der Waals surface area (Å²) in [5.74, 6) is 1.73. The van der Waals surface area contributed by atoms with Crippen LogP contribution in [0.5, 0.6) is 0 Å². The molecular formula is C11H23NOS. The van der Waals surface area contributed by atoms with Crippen molar-refractivity contribution in [2.45, 2.75) is 32.3 Å². The third kappa shape index (κ3) is 3.79. The Labute approximate surface area is 92.1 Å². The van der Waals surface area contributed by atoms with Gasteiger partial charge in [0.15, 0.2) is 0 Å². The van der Waals surface area contributed by atoms with E-state index in [0.29, 0.717) is 0 Å². The molecule has 1 aliphatic heterocycles. The molecule has 1 heterocycles. The molecule has 1 aliphatic rings. The molecule has 1 rings (SSSR count). The van der Waals surface area contributed by atoms with Crippen molar-refractivity contribution in [1.82, 2.24) is 4.90 Å². The van der Waals surface area contributed by atoms with Crippen LogP contribution < -0.4 is 0 Å². The fourth-order valence-electron chi connectivity index (χ4n) is 2.24. The quantitative estimate of drug-likeness (QED) is 0.734. The van der Waals surface area contributed by atoms with E-state index in [9.17, 15) is 5.11 Å². The van der Waals surface area contributed by atoms with Crippen LogP contribution >= 0.6 is 11.8 Å². The number of hydrogen-bond acceptors (Lipinski definition) is 3. The van der Waals surface area contributed by atoms with Gasteiger partial charge < -0.3 is 5.11 Å². The Bertz CT molecular complexity index is 167. The van der Waals surface area contributed by atoms with Crippen LogP contribution in [0.25, 0.3) is 0 Å². The lowest BCUT2D eigenvalue weighted by molar-refractivity contribution is -0.00650. The van der Waals surface area contributed by atoms with Crippen LogP contribution in [0.3, 0.4) is 0 Å². The average molecular weight is 217 g/mol. The highest BCUT2D eigenvalue weighted by Crippen LogP contribution is 2.23. The van der Waals surface area contributed by atoms with Crippen LogP contribution in [0.15, 0.2) is 0 Å². The second kappa shape index (κ2) is 5.38. The maximum Gasteiger partial charge on any atom is 0.0835 e. The molecule has 0 aromatic carbocycles. The van der Waals surface area contributed by atoms with E-state index in [1.54, 1.807) is 11.8 Å². The van der Waals surface area contributed by atoms with Crippen LogP contribution in [0.1, 0.15) is 26.7 Å². The van der Waals surface area contributed by atoms with Crippen LogP contribution in [0.2, 0.25) is 0 Å². The maximum absolute atomic E-state index is 10.0. The van der Waals surface area contributed by atoms with Crippen molar-refractivity contribution in [2.75, 3.05) is 31.6 Å². The number of aliphatic hydroxyl groups is 1. The lowest BCUT2D eigenvalue weighted by Gasteiger charge is -2.42. The SMILES string of the molecule is CCCC1CN(CC(C)(O)CSC)C1. The molecule has 2 nitrogen and oxygen atoms in total. The summed E-state index contributed by atoms with van der Waals surface area (Å²) < 4.78 is 0. The summed E-state index contributed by atoms with van der Waals surface area (Å²) in [6, 6.07) is 0. The van der Waals surface area contributed by atoms with Crippen molar-refractivity contribution in [3.05, 3.63) is 0 Å². The zero-order valence-electron chi connectivity index (χ0n) is 9.62. The van der Waals surface area contributed by atoms with E-state index in [-0.39, 0.29) is 0 Å². The van der Waals surface area contributed by atoms with E-state index in [1.165, 1.54) is 25.9 Å². The molecular weight excluding hydrogens is 194 g/mol.